The molecule has 0 saturated carbocycles. The Morgan fingerprint density at radius 2 is 2.24 bits per heavy atom. The van der Waals surface area contributed by atoms with E-state index in [1.807, 2.05) is 12.1 Å². The van der Waals surface area contributed by atoms with E-state index in [4.69, 9.17) is 16.0 Å². The van der Waals surface area contributed by atoms with E-state index in [0.29, 0.717) is 11.1 Å². The van der Waals surface area contributed by atoms with E-state index in [0.717, 1.165) is 36.4 Å². The standard InChI is InChI=1S/C13H17ClN2O/c1-9(2)15-7-3-4-13-16-11-6-5-10(14)8-12(11)17-13/h5-6,8-9,15H,3-4,7H2,1-2H3. The molecule has 2 rings (SSSR count). The minimum absolute atomic E-state index is 0.525. The highest BCUT2D eigenvalue weighted by atomic mass is 35.5. The number of benzene rings is 1. The molecule has 0 spiro atoms. The maximum Gasteiger partial charge on any atom is 0.195 e. The number of hydrogen-bond donors (Lipinski definition) is 1. The normalized spacial score (nSPS) is 11.5. The molecule has 0 amide bonds. The topological polar surface area (TPSA) is 38.1 Å². The molecular weight excluding hydrogens is 236 g/mol. The van der Waals surface area contributed by atoms with E-state index in [-0.39, 0.29) is 0 Å². The number of nitrogens with zero attached hydrogens (tertiary/aromatic N) is 1. The number of halogens is 1. The van der Waals surface area contributed by atoms with Crippen LogP contribution in [0.4, 0.5) is 0 Å². The van der Waals surface area contributed by atoms with Crippen molar-refractivity contribution in [3.05, 3.63) is 29.1 Å². The van der Waals surface area contributed by atoms with Gasteiger partial charge in [0.05, 0.1) is 0 Å². The summed E-state index contributed by atoms with van der Waals surface area (Å²) >= 11 is 5.89. The number of nitrogens with one attached hydrogen (secondary N) is 1. The first-order valence-electron chi connectivity index (χ1n) is 5.93. The summed E-state index contributed by atoms with van der Waals surface area (Å²) in [6.07, 6.45) is 1.88. The van der Waals surface area contributed by atoms with Gasteiger partial charge >= 0.3 is 0 Å². The Labute approximate surface area is 106 Å². The maximum absolute atomic E-state index is 5.89. The van der Waals surface area contributed by atoms with Crippen molar-refractivity contribution in [2.24, 2.45) is 0 Å². The Bertz CT molecular complexity index is 493. The first-order valence-corrected chi connectivity index (χ1v) is 6.31. The minimum Gasteiger partial charge on any atom is -0.441 e. The third kappa shape index (κ3) is 3.45. The van der Waals surface area contributed by atoms with Gasteiger partial charge in [0, 0.05) is 23.6 Å². The van der Waals surface area contributed by atoms with E-state index < -0.39 is 0 Å². The van der Waals surface area contributed by atoms with Crippen molar-refractivity contribution in [2.45, 2.75) is 32.7 Å². The summed E-state index contributed by atoms with van der Waals surface area (Å²) < 4.78 is 5.63. The Balaban J connectivity index is 1.95. The highest BCUT2D eigenvalue weighted by Crippen LogP contribution is 2.20. The van der Waals surface area contributed by atoms with Crippen LogP contribution in [0.3, 0.4) is 0 Å². The number of oxazole rings is 1. The van der Waals surface area contributed by atoms with E-state index in [1.54, 1.807) is 6.07 Å². The van der Waals surface area contributed by atoms with Crippen LogP contribution in [0.1, 0.15) is 26.2 Å². The summed E-state index contributed by atoms with van der Waals surface area (Å²) in [5.74, 6) is 0.785. The lowest BCUT2D eigenvalue weighted by Gasteiger charge is -2.05. The van der Waals surface area contributed by atoms with Crippen molar-refractivity contribution < 1.29 is 4.42 Å². The predicted octanol–water partition coefficient (Wildman–Crippen LogP) is 3.41. The second kappa shape index (κ2) is 5.52. The molecule has 17 heavy (non-hydrogen) atoms. The van der Waals surface area contributed by atoms with Gasteiger partial charge in [0.1, 0.15) is 5.52 Å². The highest BCUT2D eigenvalue weighted by Gasteiger charge is 2.05. The first-order chi connectivity index (χ1) is 8.15. The molecule has 1 aromatic heterocycles. The molecule has 1 heterocycles. The zero-order chi connectivity index (χ0) is 12.3. The lowest BCUT2D eigenvalue weighted by atomic mass is 10.3. The molecule has 3 nitrogen and oxygen atoms in total. The van der Waals surface area contributed by atoms with Crippen LogP contribution in [0, 0.1) is 0 Å². The molecule has 0 aliphatic heterocycles. The summed E-state index contributed by atoms with van der Waals surface area (Å²) in [5, 5.41) is 4.05. The monoisotopic (exact) mass is 252 g/mol. The average Bonchev–Trinajstić information content (AvgIpc) is 2.66. The molecule has 0 radical (unpaired) electrons. The third-order valence-corrected chi connectivity index (χ3v) is 2.75. The molecule has 0 bridgehead atoms. The first kappa shape index (κ1) is 12.4. The molecule has 0 aliphatic carbocycles. The van der Waals surface area contributed by atoms with Gasteiger partial charge in [0.15, 0.2) is 11.5 Å². The van der Waals surface area contributed by atoms with Crippen molar-refractivity contribution in [3.8, 4) is 0 Å². The fraction of sp³-hybridized carbons (Fsp3) is 0.462. The number of rotatable bonds is 5. The fourth-order valence-electron chi connectivity index (χ4n) is 1.68. The molecule has 1 N–H and O–H groups in total. The SMILES string of the molecule is CC(C)NCCCc1nc2ccc(Cl)cc2o1. The molecule has 2 aromatic rings. The van der Waals surface area contributed by atoms with Crippen LogP contribution in [0.2, 0.25) is 5.02 Å². The van der Waals surface area contributed by atoms with E-state index in [2.05, 4.69) is 24.1 Å². The van der Waals surface area contributed by atoms with Crippen molar-refractivity contribution in [3.63, 3.8) is 0 Å². The second-order valence-corrected chi connectivity index (χ2v) is 4.87. The summed E-state index contributed by atoms with van der Waals surface area (Å²) in [4.78, 5) is 4.42. The van der Waals surface area contributed by atoms with Crippen LogP contribution in [0.25, 0.3) is 11.1 Å². The van der Waals surface area contributed by atoms with Gasteiger partial charge < -0.3 is 9.73 Å². The zero-order valence-corrected chi connectivity index (χ0v) is 10.9. The molecule has 1 aromatic carbocycles. The summed E-state index contributed by atoms with van der Waals surface area (Å²) in [5.41, 5.74) is 1.64. The fourth-order valence-corrected chi connectivity index (χ4v) is 1.85. The number of aryl methyl sites for hydroxylation is 1. The van der Waals surface area contributed by atoms with Gasteiger partial charge in [-0.15, -0.1) is 0 Å². The minimum atomic E-state index is 0.525. The molecule has 4 heteroatoms. The molecule has 0 unspecified atom stereocenters. The molecule has 0 aliphatic rings. The van der Waals surface area contributed by atoms with Gasteiger partial charge in [0.2, 0.25) is 0 Å². The van der Waals surface area contributed by atoms with Gasteiger partial charge in [-0.3, -0.25) is 0 Å². The molecule has 0 saturated heterocycles. The Hall–Kier alpha value is -1.06. The quantitative estimate of drug-likeness (QED) is 0.829. The van der Waals surface area contributed by atoms with Crippen molar-refractivity contribution in [2.75, 3.05) is 6.54 Å². The van der Waals surface area contributed by atoms with E-state index in [1.165, 1.54) is 0 Å². The Morgan fingerprint density at radius 1 is 1.41 bits per heavy atom. The largest absolute Gasteiger partial charge is 0.441 e. The highest BCUT2D eigenvalue weighted by molar-refractivity contribution is 6.31. The van der Waals surface area contributed by atoms with Gasteiger partial charge in [0.25, 0.3) is 0 Å². The van der Waals surface area contributed by atoms with Gasteiger partial charge in [-0.2, -0.15) is 0 Å². The average molecular weight is 253 g/mol. The Morgan fingerprint density at radius 3 is 3.00 bits per heavy atom. The summed E-state index contributed by atoms with van der Waals surface area (Å²) in [7, 11) is 0. The molecule has 0 fully saturated rings. The van der Waals surface area contributed by atoms with Crippen LogP contribution >= 0.6 is 11.6 Å². The predicted molar refractivity (Wildman–Crippen MR) is 70.5 cm³/mol. The van der Waals surface area contributed by atoms with E-state index in [9.17, 15) is 0 Å². The van der Waals surface area contributed by atoms with Crippen molar-refractivity contribution in [1.82, 2.24) is 10.3 Å². The van der Waals surface area contributed by atoms with Crippen LogP contribution in [0.15, 0.2) is 22.6 Å². The smallest absolute Gasteiger partial charge is 0.195 e. The molecule has 0 atom stereocenters. The van der Waals surface area contributed by atoms with Gasteiger partial charge in [-0.25, -0.2) is 4.98 Å². The van der Waals surface area contributed by atoms with Crippen LogP contribution in [-0.4, -0.2) is 17.6 Å². The van der Waals surface area contributed by atoms with Crippen LogP contribution < -0.4 is 5.32 Å². The van der Waals surface area contributed by atoms with Crippen LogP contribution in [0.5, 0.6) is 0 Å². The number of fused-ring (bicyclic) bond motifs is 1. The van der Waals surface area contributed by atoms with Crippen LogP contribution in [-0.2, 0) is 6.42 Å². The summed E-state index contributed by atoms with van der Waals surface area (Å²) in [6, 6.07) is 6.05. The Kier molecular flexibility index (Phi) is 4.02. The molecule has 92 valence electrons. The lowest BCUT2D eigenvalue weighted by Crippen LogP contribution is -2.23. The van der Waals surface area contributed by atoms with Gasteiger partial charge in [-0.1, -0.05) is 25.4 Å². The zero-order valence-electron chi connectivity index (χ0n) is 10.2. The summed E-state index contributed by atoms with van der Waals surface area (Å²) in [6.45, 7) is 5.26. The van der Waals surface area contributed by atoms with Gasteiger partial charge in [-0.05, 0) is 25.1 Å². The number of hydrogen-bond acceptors (Lipinski definition) is 3. The van der Waals surface area contributed by atoms with Crippen molar-refractivity contribution >= 4 is 22.7 Å². The molecular formula is C13H17ClN2O. The second-order valence-electron chi connectivity index (χ2n) is 4.43. The van der Waals surface area contributed by atoms with E-state index >= 15 is 0 Å². The maximum atomic E-state index is 5.89. The lowest BCUT2D eigenvalue weighted by molar-refractivity contribution is 0.500. The number of aromatic nitrogens is 1. The third-order valence-electron chi connectivity index (χ3n) is 2.51. The van der Waals surface area contributed by atoms with Crippen molar-refractivity contribution in [1.29, 1.82) is 0 Å².